The summed E-state index contributed by atoms with van der Waals surface area (Å²) in [6, 6.07) is 6.99. The maximum Gasteiger partial charge on any atom is 0.250 e. The SMILES string of the molecule is COc1cc(/C=C/C(=O)Nc2nnc(SCC(=O)NCc3ccco3)s2)cc(OC)c1OC. The molecule has 0 bridgehead atoms. The lowest BCUT2D eigenvalue weighted by Crippen LogP contribution is -2.24. The van der Waals surface area contributed by atoms with Gasteiger partial charge in [-0.1, -0.05) is 23.1 Å². The zero-order valence-corrected chi connectivity index (χ0v) is 19.7. The van der Waals surface area contributed by atoms with Crippen molar-refractivity contribution >= 4 is 46.1 Å². The van der Waals surface area contributed by atoms with Gasteiger partial charge in [0.15, 0.2) is 15.8 Å². The molecule has 2 N–H and O–H groups in total. The van der Waals surface area contributed by atoms with Crippen LogP contribution in [0.3, 0.4) is 0 Å². The standard InChI is InChI=1S/C21H22N4O6S2/c1-28-15-9-13(10-16(29-2)19(15)30-3)6-7-17(26)23-20-24-25-21(33-20)32-12-18(27)22-11-14-5-4-8-31-14/h4-10H,11-12H2,1-3H3,(H,22,27)(H,23,24,26)/b7-6+. The van der Waals surface area contributed by atoms with Crippen molar-refractivity contribution in [1.29, 1.82) is 0 Å². The number of benzene rings is 1. The van der Waals surface area contributed by atoms with E-state index in [1.165, 1.54) is 50.5 Å². The molecule has 174 valence electrons. The monoisotopic (exact) mass is 490 g/mol. The van der Waals surface area contributed by atoms with E-state index < -0.39 is 0 Å². The summed E-state index contributed by atoms with van der Waals surface area (Å²) in [6.45, 7) is 0.322. The van der Waals surface area contributed by atoms with E-state index in [1.807, 2.05) is 0 Å². The molecule has 12 heteroatoms. The predicted molar refractivity (Wildman–Crippen MR) is 125 cm³/mol. The van der Waals surface area contributed by atoms with Crippen LogP contribution in [0.5, 0.6) is 17.2 Å². The van der Waals surface area contributed by atoms with Crippen LogP contribution in [0.25, 0.3) is 6.08 Å². The first kappa shape index (κ1) is 24.1. The van der Waals surface area contributed by atoms with Gasteiger partial charge in [0.1, 0.15) is 5.76 Å². The normalized spacial score (nSPS) is 10.8. The third-order valence-electron chi connectivity index (χ3n) is 4.12. The second-order valence-electron chi connectivity index (χ2n) is 6.30. The maximum atomic E-state index is 12.3. The molecule has 0 saturated carbocycles. The number of nitrogens with zero attached hydrogens (tertiary/aromatic N) is 2. The van der Waals surface area contributed by atoms with Gasteiger partial charge in [0.05, 0.1) is 39.9 Å². The first-order valence-corrected chi connectivity index (χ1v) is 11.4. The van der Waals surface area contributed by atoms with Gasteiger partial charge >= 0.3 is 0 Å². The number of methoxy groups -OCH3 is 3. The number of nitrogens with one attached hydrogen (secondary N) is 2. The fraction of sp³-hybridized carbons (Fsp3) is 0.238. The van der Waals surface area contributed by atoms with Crippen LogP contribution in [0, 0.1) is 0 Å². The Morgan fingerprint density at radius 3 is 2.55 bits per heavy atom. The third-order valence-corrected chi connectivity index (χ3v) is 6.09. The summed E-state index contributed by atoms with van der Waals surface area (Å²) in [5.41, 5.74) is 0.689. The van der Waals surface area contributed by atoms with Crippen molar-refractivity contribution < 1.29 is 28.2 Å². The third kappa shape index (κ3) is 6.99. The Morgan fingerprint density at radius 1 is 1.15 bits per heavy atom. The molecule has 3 aromatic rings. The number of furan rings is 1. The van der Waals surface area contributed by atoms with E-state index in [-0.39, 0.29) is 17.6 Å². The van der Waals surface area contributed by atoms with Gasteiger partial charge in [0.25, 0.3) is 0 Å². The molecule has 0 unspecified atom stereocenters. The van der Waals surface area contributed by atoms with Gasteiger partial charge in [0.2, 0.25) is 22.7 Å². The summed E-state index contributed by atoms with van der Waals surface area (Å²) >= 11 is 2.41. The van der Waals surface area contributed by atoms with Crippen LogP contribution in [-0.2, 0) is 16.1 Å². The lowest BCUT2D eigenvalue weighted by molar-refractivity contribution is -0.118. The summed E-state index contributed by atoms with van der Waals surface area (Å²) in [5, 5.41) is 13.6. The molecule has 0 saturated heterocycles. The van der Waals surface area contributed by atoms with E-state index in [0.717, 1.165) is 0 Å². The number of aromatic nitrogens is 2. The number of amides is 2. The highest BCUT2D eigenvalue weighted by Gasteiger charge is 2.13. The smallest absolute Gasteiger partial charge is 0.250 e. The topological polar surface area (TPSA) is 125 Å². The van der Waals surface area contributed by atoms with Crippen LogP contribution < -0.4 is 24.8 Å². The minimum absolute atomic E-state index is 0.162. The molecule has 2 heterocycles. The van der Waals surface area contributed by atoms with E-state index in [4.69, 9.17) is 18.6 Å². The molecule has 0 aliphatic rings. The zero-order chi connectivity index (χ0) is 23.6. The zero-order valence-electron chi connectivity index (χ0n) is 18.1. The highest BCUT2D eigenvalue weighted by molar-refractivity contribution is 8.01. The molecule has 3 rings (SSSR count). The summed E-state index contributed by atoms with van der Waals surface area (Å²) in [6.07, 6.45) is 4.52. The second-order valence-corrected chi connectivity index (χ2v) is 8.50. The lowest BCUT2D eigenvalue weighted by atomic mass is 10.1. The number of carbonyl (C=O) groups excluding carboxylic acids is 2. The Balaban J connectivity index is 1.51. The maximum absolute atomic E-state index is 12.3. The summed E-state index contributed by atoms with van der Waals surface area (Å²) in [5.74, 6) is 1.73. The number of hydrogen-bond acceptors (Lipinski definition) is 10. The molecule has 0 aliphatic heterocycles. The van der Waals surface area contributed by atoms with Crippen molar-refractivity contribution in [2.24, 2.45) is 0 Å². The van der Waals surface area contributed by atoms with Crippen LogP contribution in [0.15, 0.2) is 45.4 Å². The van der Waals surface area contributed by atoms with Gasteiger partial charge in [-0.2, -0.15) is 0 Å². The fourth-order valence-corrected chi connectivity index (χ4v) is 4.20. The molecule has 0 atom stereocenters. The Hall–Kier alpha value is -3.51. The highest BCUT2D eigenvalue weighted by atomic mass is 32.2. The largest absolute Gasteiger partial charge is 0.493 e. The quantitative estimate of drug-likeness (QED) is 0.237. The van der Waals surface area contributed by atoms with Gasteiger partial charge in [-0.25, -0.2) is 0 Å². The van der Waals surface area contributed by atoms with Crippen LogP contribution in [0.4, 0.5) is 5.13 Å². The Morgan fingerprint density at radius 2 is 1.91 bits per heavy atom. The number of hydrogen-bond donors (Lipinski definition) is 2. The number of thioether (sulfide) groups is 1. The minimum atomic E-state index is -0.382. The first-order valence-electron chi connectivity index (χ1n) is 9.56. The second kappa shape index (κ2) is 11.9. The van der Waals surface area contributed by atoms with Crippen molar-refractivity contribution in [1.82, 2.24) is 15.5 Å². The minimum Gasteiger partial charge on any atom is -0.493 e. The van der Waals surface area contributed by atoms with E-state index >= 15 is 0 Å². The van der Waals surface area contributed by atoms with Gasteiger partial charge in [-0.3, -0.25) is 14.9 Å². The van der Waals surface area contributed by atoms with Crippen molar-refractivity contribution in [3.63, 3.8) is 0 Å². The molecule has 2 aromatic heterocycles. The first-order chi connectivity index (χ1) is 16.0. The predicted octanol–water partition coefficient (Wildman–Crippen LogP) is 3.22. The van der Waals surface area contributed by atoms with Crippen LogP contribution >= 0.6 is 23.1 Å². The van der Waals surface area contributed by atoms with Crippen LogP contribution in [0.2, 0.25) is 0 Å². The number of rotatable bonds is 11. The van der Waals surface area contributed by atoms with Gasteiger partial charge in [-0.05, 0) is 35.9 Å². The number of carbonyl (C=O) groups is 2. The molecule has 2 amide bonds. The van der Waals surface area contributed by atoms with Crippen molar-refractivity contribution in [3.05, 3.63) is 47.9 Å². The molecular weight excluding hydrogens is 468 g/mol. The number of ether oxygens (including phenoxy) is 3. The van der Waals surface area contributed by atoms with Crippen molar-refractivity contribution in [3.8, 4) is 17.2 Å². The summed E-state index contributed by atoms with van der Waals surface area (Å²) in [4.78, 5) is 24.2. The Bertz CT molecular complexity index is 1090. The van der Waals surface area contributed by atoms with Crippen LogP contribution in [0.1, 0.15) is 11.3 Å². The summed E-state index contributed by atoms with van der Waals surface area (Å²) < 4.78 is 21.6. The molecular formula is C21H22N4O6S2. The van der Waals surface area contributed by atoms with Crippen molar-refractivity contribution in [2.75, 3.05) is 32.4 Å². The van der Waals surface area contributed by atoms with Crippen molar-refractivity contribution in [2.45, 2.75) is 10.9 Å². The molecule has 0 aliphatic carbocycles. The molecule has 0 radical (unpaired) electrons. The van der Waals surface area contributed by atoms with E-state index in [2.05, 4.69) is 20.8 Å². The van der Waals surface area contributed by atoms with E-state index in [0.29, 0.717) is 44.6 Å². The van der Waals surface area contributed by atoms with Gasteiger partial charge in [0, 0.05) is 6.08 Å². The molecule has 0 fully saturated rings. The van der Waals surface area contributed by atoms with Gasteiger partial charge < -0.3 is 23.9 Å². The average Bonchev–Trinajstić information content (AvgIpc) is 3.51. The van der Waals surface area contributed by atoms with Crippen LogP contribution in [-0.4, -0.2) is 49.1 Å². The molecule has 1 aromatic carbocycles. The highest BCUT2D eigenvalue weighted by Crippen LogP contribution is 2.38. The Labute approximate surface area is 198 Å². The van der Waals surface area contributed by atoms with E-state index in [1.54, 1.807) is 36.6 Å². The summed E-state index contributed by atoms with van der Waals surface area (Å²) in [7, 11) is 4.56. The van der Waals surface area contributed by atoms with E-state index in [9.17, 15) is 9.59 Å². The van der Waals surface area contributed by atoms with Gasteiger partial charge in [-0.15, -0.1) is 10.2 Å². The molecule has 10 nitrogen and oxygen atoms in total. The Kier molecular flexibility index (Phi) is 8.72. The fourth-order valence-electron chi connectivity index (χ4n) is 2.61. The molecule has 0 spiro atoms. The lowest BCUT2D eigenvalue weighted by Gasteiger charge is -2.12. The number of anilines is 1. The average molecular weight is 491 g/mol. The molecule has 33 heavy (non-hydrogen) atoms.